The number of nitrogens with one attached hydrogen (secondary N) is 1. The Morgan fingerprint density at radius 1 is 1.20 bits per heavy atom. The van der Waals surface area contributed by atoms with Crippen molar-refractivity contribution in [2.24, 2.45) is 11.3 Å². The SMILES string of the molecule is CCCOCCC(C)(CNCC)C(C)C. The van der Waals surface area contributed by atoms with E-state index in [0.29, 0.717) is 11.3 Å². The van der Waals surface area contributed by atoms with Crippen molar-refractivity contribution in [2.75, 3.05) is 26.3 Å². The molecule has 0 radical (unpaired) electrons. The van der Waals surface area contributed by atoms with Crippen LogP contribution in [0.15, 0.2) is 0 Å². The monoisotopic (exact) mass is 215 g/mol. The molecule has 0 aliphatic rings. The number of ether oxygens (including phenoxy) is 1. The minimum Gasteiger partial charge on any atom is -0.381 e. The molecule has 0 fully saturated rings. The van der Waals surface area contributed by atoms with E-state index in [9.17, 15) is 0 Å². The molecule has 0 saturated heterocycles. The van der Waals surface area contributed by atoms with E-state index in [1.165, 1.54) is 0 Å². The molecule has 15 heavy (non-hydrogen) atoms. The molecule has 0 spiro atoms. The van der Waals surface area contributed by atoms with Crippen molar-refractivity contribution in [3.05, 3.63) is 0 Å². The quantitative estimate of drug-likeness (QED) is 0.597. The fourth-order valence-electron chi connectivity index (χ4n) is 1.54. The van der Waals surface area contributed by atoms with Gasteiger partial charge in [-0.25, -0.2) is 0 Å². The molecule has 0 bridgehead atoms. The normalized spacial score (nSPS) is 15.6. The summed E-state index contributed by atoms with van der Waals surface area (Å²) in [6.07, 6.45) is 2.27. The van der Waals surface area contributed by atoms with Crippen LogP contribution in [0.4, 0.5) is 0 Å². The molecule has 0 aliphatic heterocycles. The van der Waals surface area contributed by atoms with Gasteiger partial charge in [0, 0.05) is 19.8 Å². The lowest BCUT2D eigenvalue weighted by Gasteiger charge is -2.34. The van der Waals surface area contributed by atoms with Crippen molar-refractivity contribution in [2.45, 2.75) is 47.5 Å². The van der Waals surface area contributed by atoms with Gasteiger partial charge >= 0.3 is 0 Å². The first kappa shape index (κ1) is 14.9. The van der Waals surface area contributed by atoms with Crippen LogP contribution >= 0.6 is 0 Å². The zero-order chi connectivity index (χ0) is 11.7. The minimum absolute atomic E-state index is 0.365. The van der Waals surface area contributed by atoms with Crippen LogP contribution in [-0.2, 0) is 4.74 Å². The Kier molecular flexibility index (Phi) is 8.07. The van der Waals surface area contributed by atoms with E-state index in [2.05, 4.69) is 39.9 Å². The van der Waals surface area contributed by atoms with Gasteiger partial charge in [-0.05, 0) is 30.7 Å². The molecule has 92 valence electrons. The molecular formula is C13H29NO. The first-order valence-corrected chi connectivity index (χ1v) is 6.35. The van der Waals surface area contributed by atoms with Crippen LogP contribution in [0.5, 0.6) is 0 Å². The number of rotatable bonds is 9. The molecule has 0 aromatic heterocycles. The van der Waals surface area contributed by atoms with Gasteiger partial charge in [0.25, 0.3) is 0 Å². The van der Waals surface area contributed by atoms with Gasteiger partial charge in [0.05, 0.1) is 0 Å². The van der Waals surface area contributed by atoms with Crippen LogP contribution in [0.1, 0.15) is 47.5 Å². The molecule has 0 aromatic rings. The van der Waals surface area contributed by atoms with Crippen LogP contribution < -0.4 is 5.32 Å². The smallest absolute Gasteiger partial charge is 0.0471 e. The summed E-state index contributed by atoms with van der Waals surface area (Å²) in [5, 5.41) is 3.46. The molecule has 2 heteroatoms. The molecule has 0 saturated carbocycles. The highest BCUT2D eigenvalue weighted by molar-refractivity contribution is 4.79. The molecule has 0 rings (SSSR count). The van der Waals surface area contributed by atoms with Crippen LogP contribution in [0.2, 0.25) is 0 Å². The van der Waals surface area contributed by atoms with Gasteiger partial charge < -0.3 is 10.1 Å². The lowest BCUT2D eigenvalue weighted by Crippen LogP contribution is -2.37. The average Bonchev–Trinajstić information content (AvgIpc) is 2.21. The highest BCUT2D eigenvalue weighted by atomic mass is 16.5. The van der Waals surface area contributed by atoms with Crippen molar-refractivity contribution in [1.82, 2.24) is 5.32 Å². The zero-order valence-corrected chi connectivity index (χ0v) is 11.2. The zero-order valence-electron chi connectivity index (χ0n) is 11.2. The maximum absolute atomic E-state index is 5.58. The predicted molar refractivity (Wildman–Crippen MR) is 67.2 cm³/mol. The van der Waals surface area contributed by atoms with Crippen LogP contribution in [0.3, 0.4) is 0 Å². The molecule has 0 amide bonds. The Labute approximate surface area is 95.8 Å². The van der Waals surface area contributed by atoms with Gasteiger partial charge in [-0.2, -0.15) is 0 Å². The van der Waals surface area contributed by atoms with Crippen molar-refractivity contribution in [3.63, 3.8) is 0 Å². The van der Waals surface area contributed by atoms with Gasteiger partial charge in [0.2, 0.25) is 0 Å². The molecule has 0 heterocycles. The van der Waals surface area contributed by atoms with Gasteiger partial charge in [-0.15, -0.1) is 0 Å². The lowest BCUT2D eigenvalue weighted by atomic mass is 9.76. The van der Waals surface area contributed by atoms with Crippen LogP contribution in [0.25, 0.3) is 0 Å². The second-order valence-corrected chi connectivity index (χ2v) is 4.95. The third kappa shape index (κ3) is 6.16. The number of hydrogen-bond donors (Lipinski definition) is 1. The average molecular weight is 215 g/mol. The summed E-state index contributed by atoms with van der Waals surface area (Å²) in [6, 6.07) is 0. The highest BCUT2D eigenvalue weighted by Gasteiger charge is 2.27. The van der Waals surface area contributed by atoms with Crippen LogP contribution in [-0.4, -0.2) is 26.3 Å². The molecular weight excluding hydrogens is 186 g/mol. The predicted octanol–water partition coefficient (Wildman–Crippen LogP) is 3.07. The summed E-state index contributed by atoms with van der Waals surface area (Å²) in [7, 11) is 0. The molecule has 0 aromatic carbocycles. The van der Waals surface area contributed by atoms with E-state index in [4.69, 9.17) is 4.74 Å². The summed E-state index contributed by atoms with van der Waals surface area (Å²) < 4.78 is 5.58. The van der Waals surface area contributed by atoms with Crippen molar-refractivity contribution < 1.29 is 4.74 Å². The van der Waals surface area contributed by atoms with Gasteiger partial charge in [0.1, 0.15) is 0 Å². The summed E-state index contributed by atoms with van der Waals surface area (Å²) >= 11 is 0. The van der Waals surface area contributed by atoms with Gasteiger partial charge in [-0.1, -0.05) is 34.6 Å². The molecule has 0 aliphatic carbocycles. The van der Waals surface area contributed by atoms with Crippen molar-refractivity contribution in [3.8, 4) is 0 Å². The maximum atomic E-state index is 5.58. The Morgan fingerprint density at radius 2 is 1.87 bits per heavy atom. The largest absolute Gasteiger partial charge is 0.381 e. The molecule has 1 unspecified atom stereocenters. The van der Waals surface area contributed by atoms with E-state index < -0.39 is 0 Å². The number of hydrogen-bond acceptors (Lipinski definition) is 2. The highest BCUT2D eigenvalue weighted by Crippen LogP contribution is 2.30. The van der Waals surface area contributed by atoms with Crippen molar-refractivity contribution >= 4 is 0 Å². The van der Waals surface area contributed by atoms with E-state index in [1.54, 1.807) is 0 Å². The third-order valence-corrected chi connectivity index (χ3v) is 3.34. The third-order valence-electron chi connectivity index (χ3n) is 3.34. The first-order chi connectivity index (χ1) is 7.06. The van der Waals surface area contributed by atoms with E-state index in [1.807, 2.05) is 0 Å². The fourth-order valence-corrected chi connectivity index (χ4v) is 1.54. The van der Waals surface area contributed by atoms with Crippen LogP contribution in [0, 0.1) is 11.3 Å². The van der Waals surface area contributed by atoms with E-state index in [-0.39, 0.29) is 0 Å². The Hall–Kier alpha value is -0.0800. The Bertz CT molecular complexity index is 147. The Balaban J connectivity index is 3.90. The molecule has 1 N–H and O–H groups in total. The summed E-state index contributed by atoms with van der Waals surface area (Å²) in [6.45, 7) is 15.2. The molecule has 1 atom stereocenters. The topological polar surface area (TPSA) is 21.3 Å². The lowest BCUT2D eigenvalue weighted by molar-refractivity contribution is 0.0797. The van der Waals surface area contributed by atoms with Gasteiger partial charge in [-0.3, -0.25) is 0 Å². The van der Waals surface area contributed by atoms with E-state index in [0.717, 1.165) is 39.1 Å². The standard InChI is InChI=1S/C13H29NO/c1-6-9-15-10-8-13(5,12(3)4)11-14-7-2/h12,14H,6-11H2,1-5H3. The maximum Gasteiger partial charge on any atom is 0.0471 e. The van der Waals surface area contributed by atoms with E-state index >= 15 is 0 Å². The van der Waals surface area contributed by atoms with Crippen molar-refractivity contribution in [1.29, 1.82) is 0 Å². The first-order valence-electron chi connectivity index (χ1n) is 6.35. The second-order valence-electron chi connectivity index (χ2n) is 4.95. The fraction of sp³-hybridized carbons (Fsp3) is 1.00. The summed E-state index contributed by atoms with van der Waals surface area (Å²) in [5.74, 6) is 0.696. The molecule has 2 nitrogen and oxygen atoms in total. The summed E-state index contributed by atoms with van der Waals surface area (Å²) in [5.41, 5.74) is 0.365. The Morgan fingerprint density at radius 3 is 2.33 bits per heavy atom. The summed E-state index contributed by atoms with van der Waals surface area (Å²) in [4.78, 5) is 0. The second kappa shape index (κ2) is 8.12. The van der Waals surface area contributed by atoms with Gasteiger partial charge in [0.15, 0.2) is 0 Å². The minimum atomic E-state index is 0.365.